The third kappa shape index (κ3) is 5.03. The molecule has 0 aliphatic carbocycles. The highest BCUT2D eigenvalue weighted by atomic mass is 19.4. The van der Waals surface area contributed by atoms with Crippen molar-refractivity contribution in [3.63, 3.8) is 0 Å². The number of morpholine rings is 1. The maximum atomic E-state index is 13.7. The largest absolute Gasteiger partial charge is 0.416 e. The van der Waals surface area contributed by atoms with E-state index in [9.17, 15) is 30.7 Å². The zero-order valence-corrected chi connectivity index (χ0v) is 19.0. The van der Waals surface area contributed by atoms with Crippen LogP contribution >= 0.6 is 0 Å². The van der Waals surface area contributed by atoms with E-state index in [0.717, 1.165) is 0 Å². The molecule has 0 saturated carbocycles. The number of alkyl halides is 6. The number of anilines is 1. The third-order valence-electron chi connectivity index (χ3n) is 6.10. The zero-order valence-electron chi connectivity index (χ0n) is 19.0. The van der Waals surface area contributed by atoms with Gasteiger partial charge in [-0.15, -0.1) is 0 Å². The highest BCUT2D eigenvalue weighted by Crippen LogP contribution is 2.42. The number of halogens is 7. The second kappa shape index (κ2) is 9.36. The van der Waals surface area contributed by atoms with Crippen LogP contribution in [0.2, 0.25) is 0 Å². The van der Waals surface area contributed by atoms with Crippen LogP contribution in [0.15, 0.2) is 48.8 Å². The quantitative estimate of drug-likeness (QED) is 0.431. The molecule has 3 aromatic rings. The van der Waals surface area contributed by atoms with Gasteiger partial charge in [-0.05, 0) is 55.3 Å². The Morgan fingerprint density at radius 1 is 1.06 bits per heavy atom. The maximum absolute atomic E-state index is 13.7. The number of nitrogens with one attached hydrogen (secondary N) is 1. The molecule has 194 valence electrons. The van der Waals surface area contributed by atoms with Gasteiger partial charge < -0.3 is 14.4 Å². The molecule has 4 rings (SSSR count). The lowest BCUT2D eigenvalue weighted by Crippen LogP contribution is -2.60. The lowest BCUT2D eigenvalue weighted by atomic mass is 9.87. The third-order valence-corrected chi connectivity index (χ3v) is 6.10. The number of aromatic nitrogens is 3. The Morgan fingerprint density at radius 3 is 2.19 bits per heavy atom. The molecule has 0 radical (unpaired) electrons. The Kier molecular flexibility index (Phi) is 6.73. The fourth-order valence-corrected chi connectivity index (χ4v) is 4.16. The van der Waals surface area contributed by atoms with Gasteiger partial charge in [0.15, 0.2) is 6.29 Å². The topological polar surface area (TPSA) is 63.3 Å². The summed E-state index contributed by atoms with van der Waals surface area (Å²) in [6, 6.07) is 6.70. The lowest BCUT2D eigenvalue weighted by Gasteiger charge is -2.49. The van der Waals surface area contributed by atoms with Crippen LogP contribution in [0.1, 0.15) is 42.2 Å². The van der Waals surface area contributed by atoms with Crippen LogP contribution in [0.4, 0.5) is 36.7 Å². The van der Waals surface area contributed by atoms with Crippen LogP contribution in [0.25, 0.3) is 0 Å². The summed E-state index contributed by atoms with van der Waals surface area (Å²) >= 11 is 0. The van der Waals surface area contributed by atoms with Crippen LogP contribution in [0.5, 0.6) is 0 Å². The Labute approximate surface area is 201 Å². The SMILES string of the molecule is C[C@@H](O[C@H]1OCCN(c2ncn[nH]2)[C@@]1(C)c1ccc(F)cc1)c1cc(C(F)(F)F)cc(C(F)(F)F)c1. The number of aromatic amines is 1. The molecular formula is C23H21F7N4O2. The van der Waals surface area contributed by atoms with Gasteiger partial charge in [-0.3, -0.25) is 0 Å². The van der Waals surface area contributed by atoms with Gasteiger partial charge >= 0.3 is 12.4 Å². The second-order valence-corrected chi connectivity index (χ2v) is 8.44. The molecule has 0 unspecified atom stereocenters. The summed E-state index contributed by atoms with van der Waals surface area (Å²) in [5.41, 5.74) is -3.93. The highest BCUT2D eigenvalue weighted by molar-refractivity contribution is 5.42. The van der Waals surface area contributed by atoms with Crippen LogP contribution in [-0.2, 0) is 27.4 Å². The van der Waals surface area contributed by atoms with Crippen LogP contribution in [-0.4, -0.2) is 34.6 Å². The minimum atomic E-state index is -5.00. The molecule has 6 nitrogen and oxygen atoms in total. The molecule has 1 saturated heterocycles. The minimum absolute atomic E-state index is 0.0571. The molecule has 2 heterocycles. The molecule has 1 aromatic heterocycles. The van der Waals surface area contributed by atoms with Crippen LogP contribution < -0.4 is 4.90 Å². The first-order chi connectivity index (χ1) is 16.8. The number of hydrogen-bond acceptors (Lipinski definition) is 5. The molecule has 1 aliphatic rings. The van der Waals surface area contributed by atoms with E-state index in [1.54, 1.807) is 11.8 Å². The van der Waals surface area contributed by atoms with Crippen molar-refractivity contribution in [2.75, 3.05) is 18.1 Å². The summed E-state index contributed by atoms with van der Waals surface area (Å²) < 4.78 is 106. The molecule has 3 atom stereocenters. The average molecular weight is 518 g/mol. The number of rotatable bonds is 5. The van der Waals surface area contributed by atoms with Crippen molar-refractivity contribution in [2.24, 2.45) is 0 Å². The van der Waals surface area contributed by atoms with Gasteiger partial charge in [-0.1, -0.05) is 12.1 Å². The van der Waals surface area contributed by atoms with Crippen molar-refractivity contribution in [2.45, 2.75) is 44.1 Å². The molecule has 0 spiro atoms. The Hall–Kier alpha value is -3.19. The van der Waals surface area contributed by atoms with Crippen molar-refractivity contribution in [3.05, 3.63) is 76.9 Å². The number of H-pyrrole nitrogens is 1. The molecule has 13 heteroatoms. The van der Waals surface area contributed by atoms with Crippen LogP contribution in [0.3, 0.4) is 0 Å². The fourth-order valence-electron chi connectivity index (χ4n) is 4.16. The molecule has 0 amide bonds. The molecule has 1 aliphatic heterocycles. The summed E-state index contributed by atoms with van der Waals surface area (Å²) in [6.45, 7) is 3.41. The van der Waals surface area contributed by atoms with E-state index in [4.69, 9.17) is 9.47 Å². The number of benzene rings is 2. The first-order valence-corrected chi connectivity index (χ1v) is 10.8. The van der Waals surface area contributed by atoms with E-state index in [1.807, 2.05) is 0 Å². The summed E-state index contributed by atoms with van der Waals surface area (Å²) in [4.78, 5) is 5.89. The minimum Gasteiger partial charge on any atom is -0.348 e. The highest BCUT2D eigenvalue weighted by Gasteiger charge is 2.48. The number of ether oxygens (including phenoxy) is 2. The van der Waals surface area contributed by atoms with Gasteiger partial charge in [0.25, 0.3) is 0 Å². The summed E-state index contributed by atoms with van der Waals surface area (Å²) in [7, 11) is 0. The monoisotopic (exact) mass is 518 g/mol. The van der Waals surface area contributed by atoms with Crippen molar-refractivity contribution < 1.29 is 40.2 Å². The normalized spacial score (nSPS) is 22.0. The van der Waals surface area contributed by atoms with E-state index >= 15 is 0 Å². The van der Waals surface area contributed by atoms with E-state index in [2.05, 4.69) is 15.2 Å². The second-order valence-electron chi connectivity index (χ2n) is 8.44. The van der Waals surface area contributed by atoms with Crippen molar-refractivity contribution in [1.82, 2.24) is 15.2 Å². The average Bonchev–Trinajstić information content (AvgIpc) is 3.34. The van der Waals surface area contributed by atoms with E-state index in [1.165, 1.54) is 37.5 Å². The maximum Gasteiger partial charge on any atom is 0.416 e. The predicted octanol–water partition coefficient (Wildman–Crippen LogP) is 5.84. The Morgan fingerprint density at radius 2 is 1.67 bits per heavy atom. The summed E-state index contributed by atoms with van der Waals surface area (Å²) in [6.07, 6.45) is -11.2. The van der Waals surface area contributed by atoms with Gasteiger partial charge in [0.1, 0.15) is 17.7 Å². The van der Waals surface area contributed by atoms with Gasteiger partial charge in [-0.2, -0.15) is 36.4 Å². The fraction of sp³-hybridized carbons (Fsp3) is 0.391. The molecule has 1 N–H and O–H groups in total. The van der Waals surface area contributed by atoms with Gasteiger partial charge in [0, 0.05) is 6.54 Å². The predicted molar refractivity (Wildman–Crippen MR) is 113 cm³/mol. The first-order valence-electron chi connectivity index (χ1n) is 10.8. The molecule has 1 fully saturated rings. The number of hydrogen-bond donors (Lipinski definition) is 1. The summed E-state index contributed by atoms with van der Waals surface area (Å²) in [5.74, 6) is -0.176. The molecule has 0 bridgehead atoms. The smallest absolute Gasteiger partial charge is 0.348 e. The van der Waals surface area contributed by atoms with Gasteiger partial charge in [-0.25, -0.2) is 9.49 Å². The molecular weight excluding hydrogens is 497 g/mol. The van der Waals surface area contributed by atoms with Crippen molar-refractivity contribution in [1.29, 1.82) is 0 Å². The lowest BCUT2D eigenvalue weighted by molar-refractivity contribution is -0.217. The number of nitrogens with zero attached hydrogens (tertiary/aromatic N) is 3. The van der Waals surface area contributed by atoms with Gasteiger partial charge in [0.2, 0.25) is 5.95 Å². The Balaban J connectivity index is 1.74. The standard InChI is InChI=1S/C23H21F7N4O2/c1-13(14-9-16(22(25,26)27)11-17(10-14)23(28,29)30)36-19-21(2,15-3-5-18(24)6-4-15)34(7-8-35-19)20-31-12-32-33-20/h3-6,9-13,19H,7-8H2,1-2H3,(H,31,32,33)/t13-,19-,21+/m1/s1. The summed E-state index contributed by atoms with van der Waals surface area (Å²) in [5, 5.41) is 6.56. The van der Waals surface area contributed by atoms with E-state index in [-0.39, 0.29) is 18.2 Å². The van der Waals surface area contributed by atoms with Crippen LogP contribution in [0, 0.1) is 5.82 Å². The van der Waals surface area contributed by atoms with Crippen molar-refractivity contribution >= 4 is 5.95 Å². The first kappa shape index (κ1) is 25.9. The van der Waals surface area contributed by atoms with Crippen molar-refractivity contribution in [3.8, 4) is 0 Å². The van der Waals surface area contributed by atoms with E-state index < -0.39 is 47.2 Å². The molecule has 2 aromatic carbocycles. The zero-order chi connectivity index (χ0) is 26.3. The van der Waals surface area contributed by atoms with E-state index in [0.29, 0.717) is 30.2 Å². The van der Waals surface area contributed by atoms with Gasteiger partial charge in [0.05, 0.1) is 23.8 Å². The molecule has 36 heavy (non-hydrogen) atoms. The Bertz CT molecular complexity index is 1150.